The lowest BCUT2D eigenvalue weighted by atomic mass is 9.69. The molecule has 4 heteroatoms. The van der Waals surface area contributed by atoms with E-state index in [9.17, 15) is 0 Å². The van der Waals surface area contributed by atoms with Crippen LogP contribution in [0.5, 0.6) is 0 Å². The smallest absolute Gasteiger partial charge is 0.118 e. The summed E-state index contributed by atoms with van der Waals surface area (Å²) in [5, 5.41) is 3.94. The standard InChI is InChI=1S/C32H28N4/c33-30-27(21-11-3-1-4-12-21)19-22-13-7-9-17-25(22)28(30)29-26-18-10-8-14-23(26)20-31(34,32(29,35)36)24-15-5-2-6-16-24/h1-20H,33-36H2/t31-/m1/s1. The third-order valence-electron chi connectivity index (χ3n) is 7.39. The summed E-state index contributed by atoms with van der Waals surface area (Å²) in [7, 11) is 0. The van der Waals surface area contributed by atoms with Gasteiger partial charge in [0.15, 0.2) is 0 Å². The molecule has 0 saturated carbocycles. The monoisotopic (exact) mass is 468 g/mol. The van der Waals surface area contributed by atoms with Crippen molar-refractivity contribution in [2.24, 2.45) is 17.2 Å². The summed E-state index contributed by atoms with van der Waals surface area (Å²) in [6.45, 7) is 0. The molecule has 0 aliphatic heterocycles. The van der Waals surface area contributed by atoms with E-state index in [1.165, 1.54) is 0 Å². The lowest BCUT2D eigenvalue weighted by Crippen LogP contribution is -2.72. The zero-order valence-electron chi connectivity index (χ0n) is 19.9. The zero-order chi connectivity index (χ0) is 24.9. The van der Waals surface area contributed by atoms with Gasteiger partial charge in [-0.1, -0.05) is 109 Å². The Morgan fingerprint density at radius 1 is 0.611 bits per heavy atom. The maximum Gasteiger partial charge on any atom is 0.118 e. The van der Waals surface area contributed by atoms with Gasteiger partial charge in [0.1, 0.15) is 5.66 Å². The maximum absolute atomic E-state index is 7.18. The summed E-state index contributed by atoms with van der Waals surface area (Å²) < 4.78 is 0. The summed E-state index contributed by atoms with van der Waals surface area (Å²) in [6.07, 6.45) is 1.99. The van der Waals surface area contributed by atoms with Gasteiger partial charge >= 0.3 is 0 Å². The van der Waals surface area contributed by atoms with Crippen LogP contribution in [0.4, 0.5) is 5.69 Å². The second kappa shape index (κ2) is 8.18. The summed E-state index contributed by atoms with van der Waals surface area (Å²) in [5.74, 6) is 0. The minimum absolute atomic E-state index is 0.627. The summed E-state index contributed by atoms with van der Waals surface area (Å²) >= 11 is 0. The van der Waals surface area contributed by atoms with Crippen LogP contribution in [0.2, 0.25) is 0 Å². The predicted octanol–water partition coefficient (Wildman–Crippen LogP) is 3.55. The topological polar surface area (TPSA) is 104 Å². The Morgan fingerprint density at radius 3 is 1.97 bits per heavy atom. The van der Waals surface area contributed by atoms with Crippen molar-refractivity contribution in [3.63, 3.8) is 0 Å². The minimum Gasteiger partial charge on any atom is -0.398 e. The highest BCUT2D eigenvalue weighted by atomic mass is 15.1. The van der Waals surface area contributed by atoms with Crippen LogP contribution in [0.1, 0.15) is 11.1 Å². The number of hydrogen-bond donors (Lipinski definition) is 4. The van der Waals surface area contributed by atoms with E-state index in [2.05, 4.69) is 36.4 Å². The first-order valence-corrected chi connectivity index (χ1v) is 12.0. The van der Waals surface area contributed by atoms with Crippen molar-refractivity contribution in [2.45, 2.75) is 11.2 Å². The van der Waals surface area contributed by atoms with Crippen molar-refractivity contribution in [3.05, 3.63) is 137 Å². The molecule has 5 aromatic carbocycles. The van der Waals surface area contributed by atoms with E-state index < -0.39 is 11.2 Å². The van der Waals surface area contributed by atoms with Gasteiger partial charge in [-0.25, -0.2) is 0 Å². The van der Waals surface area contributed by atoms with Crippen molar-refractivity contribution in [2.75, 3.05) is 5.73 Å². The fraction of sp³-hybridized carbons (Fsp3) is 0.0625. The van der Waals surface area contributed by atoms with Gasteiger partial charge in [-0.05, 0) is 44.5 Å². The van der Waals surface area contributed by atoms with Crippen LogP contribution in [-0.2, 0) is 5.54 Å². The normalized spacial score (nSPS) is 18.5. The molecular formula is C32H28N4. The Balaban J connectivity index is 1.78. The molecule has 0 bridgehead atoms. The molecule has 6 rings (SSSR count). The van der Waals surface area contributed by atoms with Crippen molar-refractivity contribution < 1.29 is 0 Å². The lowest BCUT2D eigenvalue weighted by Gasteiger charge is -2.46. The van der Waals surface area contributed by atoms with E-state index in [0.29, 0.717) is 5.69 Å². The number of hydrogen-bond acceptors (Lipinski definition) is 4. The van der Waals surface area contributed by atoms with E-state index in [0.717, 1.165) is 49.0 Å². The van der Waals surface area contributed by atoms with Crippen LogP contribution in [0, 0.1) is 0 Å². The quantitative estimate of drug-likeness (QED) is 0.240. The van der Waals surface area contributed by atoms with Crippen LogP contribution < -0.4 is 33.4 Å². The molecule has 4 nitrogen and oxygen atoms in total. The Kier molecular flexibility index (Phi) is 5.06. The average molecular weight is 469 g/mol. The molecule has 0 aromatic heterocycles. The minimum atomic E-state index is -1.46. The SMILES string of the molecule is Nc1c(-c2ccccc2)cc2ccccc2c1C1=c2ccccc2=C[C@@](N)(c2ccccc2)C1(N)N. The van der Waals surface area contributed by atoms with Gasteiger partial charge in [-0.2, -0.15) is 0 Å². The number of rotatable bonds is 3. The summed E-state index contributed by atoms with van der Waals surface area (Å²) in [5.41, 5.74) is 30.9. The molecule has 36 heavy (non-hydrogen) atoms. The van der Waals surface area contributed by atoms with Crippen molar-refractivity contribution in [3.8, 4) is 11.1 Å². The number of benzene rings is 5. The van der Waals surface area contributed by atoms with Gasteiger partial charge in [0.2, 0.25) is 0 Å². The molecule has 0 amide bonds. The Bertz CT molecular complexity index is 1720. The molecule has 0 spiro atoms. The van der Waals surface area contributed by atoms with Crippen LogP contribution >= 0.6 is 0 Å². The molecule has 176 valence electrons. The molecule has 1 atom stereocenters. The Hall–Kier alpha value is -4.22. The second-order valence-corrected chi connectivity index (χ2v) is 9.51. The number of nitrogen functional groups attached to an aromatic ring is 1. The summed E-state index contributed by atoms with van der Waals surface area (Å²) in [6, 6.07) is 38.4. The van der Waals surface area contributed by atoms with E-state index in [4.69, 9.17) is 22.9 Å². The third-order valence-corrected chi connectivity index (χ3v) is 7.39. The highest BCUT2D eigenvalue weighted by molar-refractivity contribution is 6.06. The van der Waals surface area contributed by atoms with Gasteiger partial charge in [0.05, 0.1) is 5.54 Å². The van der Waals surface area contributed by atoms with Crippen molar-refractivity contribution in [1.82, 2.24) is 0 Å². The lowest BCUT2D eigenvalue weighted by molar-refractivity contribution is 0.379. The van der Waals surface area contributed by atoms with Gasteiger partial charge in [-0.15, -0.1) is 0 Å². The molecule has 5 aromatic rings. The van der Waals surface area contributed by atoms with E-state index in [-0.39, 0.29) is 0 Å². The van der Waals surface area contributed by atoms with E-state index in [1.807, 2.05) is 84.9 Å². The maximum atomic E-state index is 7.18. The first kappa shape index (κ1) is 22.3. The molecule has 1 aliphatic rings. The number of fused-ring (bicyclic) bond motifs is 2. The van der Waals surface area contributed by atoms with Crippen LogP contribution in [0.15, 0.2) is 115 Å². The highest BCUT2D eigenvalue weighted by Crippen LogP contribution is 2.44. The molecule has 0 radical (unpaired) electrons. The van der Waals surface area contributed by atoms with Crippen molar-refractivity contribution >= 4 is 28.1 Å². The van der Waals surface area contributed by atoms with Crippen molar-refractivity contribution in [1.29, 1.82) is 0 Å². The van der Waals surface area contributed by atoms with Gasteiger partial charge in [-0.3, -0.25) is 0 Å². The van der Waals surface area contributed by atoms with Gasteiger partial charge < -0.3 is 22.9 Å². The molecule has 0 unspecified atom stereocenters. The third kappa shape index (κ3) is 3.20. The molecule has 0 saturated heterocycles. The van der Waals surface area contributed by atoms with Crippen LogP contribution in [0.25, 0.3) is 33.5 Å². The number of nitrogens with two attached hydrogens (primary N) is 4. The Labute approximate surface area is 210 Å². The molecular weight excluding hydrogens is 440 g/mol. The average Bonchev–Trinajstić information content (AvgIpc) is 2.91. The molecule has 0 fully saturated rings. The second-order valence-electron chi connectivity index (χ2n) is 9.51. The number of anilines is 1. The largest absolute Gasteiger partial charge is 0.398 e. The first-order chi connectivity index (χ1) is 17.4. The van der Waals surface area contributed by atoms with Crippen LogP contribution in [-0.4, -0.2) is 5.66 Å². The van der Waals surface area contributed by atoms with Gasteiger partial charge in [0, 0.05) is 22.4 Å². The predicted molar refractivity (Wildman–Crippen MR) is 150 cm³/mol. The fourth-order valence-corrected chi connectivity index (χ4v) is 5.51. The van der Waals surface area contributed by atoms with Gasteiger partial charge in [0.25, 0.3) is 0 Å². The fourth-order valence-electron chi connectivity index (χ4n) is 5.51. The van der Waals surface area contributed by atoms with E-state index in [1.54, 1.807) is 0 Å². The zero-order valence-corrected chi connectivity index (χ0v) is 19.9. The molecule has 0 heterocycles. The molecule has 1 aliphatic carbocycles. The first-order valence-electron chi connectivity index (χ1n) is 12.0. The van der Waals surface area contributed by atoms with E-state index >= 15 is 0 Å². The highest BCUT2D eigenvalue weighted by Gasteiger charge is 2.49. The molecule has 8 N–H and O–H groups in total. The van der Waals surface area contributed by atoms with Crippen LogP contribution in [0.3, 0.4) is 0 Å². The Morgan fingerprint density at radius 2 is 1.22 bits per heavy atom. The summed E-state index contributed by atoms with van der Waals surface area (Å²) in [4.78, 5) is 0.